The van der Waals surface area contributed by atoms with Gasteiger partial charge in [-0.1, -0.05) is 12.1 Å². The summed E-state index contributed by atoms with van der Waals surface area (Å²) in [4.78, 5) is 0.319. The number of sulfone groups is 1. The molecule has 0 saturated carbocycles. The van der Waals surface area contributed by atoms with Crippen LogP contribution in [-0.2, 0) is 19.9 Å². The number of ether oxygens (including phenoxy) is 1. The molecule has 24 heavy (non-hydrogen) atoms. The molecule has 1 atom stereocenters. The highest BCUT2D eigenvalue weighted by molar-refractivity contribution is 7.90. The average Bonchev–Trinajstić information content (AvgIpc) is 2.54. The molecule has 0 spiro atoms. The van der Waals surface area contributed by atoms with Gasteiger partial charge in [-0.05, 0) is 48.9 Å². The Morgan fingerprint density at radius 1 is 0.875 bits per heavy atom. The van der Waals surface area contributed by atoms with E-state index in [9.17, 15) is 16.8 Å². The quantitative estimate of drug-likeness (QED) is 0.843. The molecule has 0 fully saturated rings. The van der Waals surface area contributed by atoms with Gasteiger partial charge in [-0.2, -0.15) is 0 Å². The van der Waals surface area contributed by atoms with Gasteiger partial charge in [0.1, 0.15) is 5.75 Å². The first-order valence-electron chi connectivity index (χ1n) is 7.10. The zero-order valence-electron chi connectivity index (χ0n) is 13.6. The minimum Gasteiger partial charge on any atom is -0.497 e. The Morgan fingerprint density at radius 2 is 1.38 bits per heavy atom. The van der Waals surface area contributed by atoms with Crippen molar-refractivity contribution in [3.05, 3.63) is 54.1 Å². The molecule has 130 valence electrons. The lowest BCUT2D eigenvalue weighted by Crippen LogP contribution is -2.26. The number of benzene rings is 2. The number of hydrogen-bond acceptors (Lipinski definition) is 5. The highest BCUT2D eigenvalue weighted by Gasteiger charge is 2.19. The Bertz CT molecular complexity index is 902. The number of nitrogens with one attached hydrogen (secondary N) is 1. The molecule has 0 saturated heterocycles. The largest absolute Gasteiger partial charge is 0.497 e. The van der Waals surface area contributed by atoms with Crippen LogP contribution in [0.15, 0.2) is 58.3 Å². The molecule has 0 aliphatic carbocycles. The number of methoxy groups -OCH3 is 1. The lowest BCUT2D eigenvalue weighted by Gasteiger charge is -2.15. The van der Waals surface area contributed by atoms with E-state index in [0.29, 0.717) is 11.3 Å². The van der Waals surface area contributed by atoms with Crippen molar-refractivity contribution >= 4 is 19.9 Å². The Labute approximate surface area is 142 Å². The van der Waals surface area contributed by atoms with Crippen LogP contribution in [0.4, 0.5) is 0 Å². The fourth-order valence-electron chi connectivity index (χ4n) is 2.13. The maximum Gasteiger partial charge on any atom is 0.241 e. The van der Waals surface area contributed by atoms with Gasteiger partial charge in [0.05, 0.1) is 16.9 Å². The van der Waals surface area contributed by atoms with E-state index in [1.54, 1.807) is 31.2 Å². The molecule has 0 bridgehead atoms. The van der Waals surface area contributed by atoms with Gasteiger partial charge in [-0.25, -0.2) is 21.6 Å². The maximum absolute atomic E-state index is 12.4. The molecule has 2 aromatic carbocycles. The zero-order valence-corrected chi connectivity index (χ0v) is 15.2. The van der Waals surface area contributed by atoms with E-state index in [1.807, 2.05) is 0 Å². The number of rotatable bonds is 6. The average molecular weight is 369 g/mol. The van der Waals surface area contributed by atoms with Crippen LogP contribution in [-0.4, -0.2) is 30.2 Å². The van der Waals surface area contributed by atoms with E-state index < -0.39 is 25.9 Å². The lowest BCUT2D eigenvalue weighted by atomic mass is 10.1. The van der Waals surface area contributed by atoms with Gasteiger partial charge in [0.2, 0.25) is 10.0 Å². The van der Waals surface area contributed by atoms with Crippen molar-refractivity contribution < 1.29 is 21.6 Å². The second kappa shape index (κ2) is 6.92. The van der Waals surface area contributed by atoms with Gasteiger partial charge in [-0.15, -0.1) is 0 Å². The molecule has 0 aromatic heterocycles. The van der Waals surface area contributed by atoms with Crippen molar-refractivity contribution in [1.82, 2.24) is 4.72 Å². The fourth-order valence-corrected chi connectivity index (χ4v) is 3.99. The molecule has 6 nitrogen and oxygen atoms in total. The normalized spacial score (nSPS) is 13.5. The molecule has 0 aliphatic rings. The van der Waals surface area contributed by atoms with Gasteiger partial charge < -0.3 is 4.74 Å². The topological polar surface area (TPSA) is 89.5 Å². The third-order valence-corrected chi connectivity index (χ3v) is 6.20. The summed E-state index contributed by atoms with van der Waals surface area (Å²) in [6.45, 7) is 1.69. The first-order valence-corrected chi connectivity index (χ1v) is 10.5. The third kappa shape index (κ3) is 4.34. The highest BCUT2D eigenvalue weighted by atomic mass is 32.2. The first-order chi connectivity index (χ1) is 11.1. The summed E-state index contributed by atoms with van der Waals surface area (Å²) in [5.41, 5.74) is 0.666. The molecule has 0 radical (unpaired) electrons. The van der Waals surface area contributed by atoms with E-state index >= 15 is 0 Å². The molecular weight excluding hydrogens is 350 g/mol. The molecule has 2 rings (SSSR count). The molecule has 8 heteroatoms. The van der Waals surface area contributed by atoms with Crippen molar-refractivity contribution in [2.75, 3.05) is 13.4 Å². The smallest absolute Gasteiger partial charge is 0.241 e. The van der Waals surface area contributed by atoms with Gasteiger partial charge in [-0.3, -0.25) is 0 Å². The van der Waals surface area contributed by atoms with Crippen LogP contribution in [0, 0.1) is 0 Å². The molecule has 0 aliphatic heterocycles. The summed E-state index contributed by atoms with van der Waals surface area (Å²) in [6, 6.07) is 11.7. The Kier molecular flexibility index (Phi) is 5.32. The van der Waals surface area contributed by atoms with E-state index in [4.69, 9.17) is 4.74 Å². The monoisotopic (exact) mass is 369 g/mol. The van der Waals surface area contributed by atoms with Crippen LogP contribution < -0.4 is 9.46 Å². The van der Waals surface area contributed by atoms with Crippen LogP contribution in [0.2, 0.25) is 0 Å². The summed E-state index contributed by atoms with van der Waals surface area (Å²) in [5, 5.41) is 0. The van der Waals surface area contributed by atoms with Crippen molar-refractivity contribution in [1.29, 1.82) is 0 Å². The second-order valence-corrected chi connectivity index (χ2v) is 9.09. The maximum atomic E-state index is 12.4. The standard InChI is InChI=1S/C16H19NO5S2/c1-12(13-4-8-15(9-5-13)23(3,18)19)17-24(20,21)16-10-6-14(22-2)7-11-16/h4-12,17H,1-3H3/t12-/m0/s1. The van der Waals surface area contributed by atoms with E-state index in [2.05, 4.69) is 4.72 Å². The van der Waals surface area contributed by atoms with Crippen molar-refractivity contribution in [3.63, 3.8) is 0 Å². The fraction of sp³-hybridized carbons (Fsp3) is 0.250. The molecule has 0 unspecified atom stereocenters. The zero-order chi connectivity index (χ0) is 18.0. The van der Waals surface area contributed by atoms with Crippen LogP contribution in [0.5, 0.6) is 5.75 Å². The predicted molar refractivity (Wildman–Crippen MR) is 91.3 cm³/mol. The predicted octanol–water partition coefficient (Wildman–Crippen LogP) is 2.14. The number of sulfonamides is 1. The molecule has 1 N–H and O–H groups in total. The second-order valence-electron chi connectivity index (χ2n) is 5.36. The first kappa shape index (κ1) is 18.4. The van der Waals surface area contributed by atoms with Gasteiger partial charge >= 0.3 is 0 Å². The SMILES string of the molecule is COc1ccc(S(=O)(=O)N[C@@H](C)c2ccc(S(C)(=O)=O)cc2)cc1. The van der Waals surface area contributed by atoms with Crippen molar-refractivity contribution in [2.24, 2.45) is 0 Å². The van der Waals surface area contributed by atoms with Crippen molar-refractivity contribution in [2.45, 2.75) is 22.8 Å². The summed E-state index contributed by atoms with van der Waals surface area (Å²) in [6.07, 6.45) is 1.12. The van der Waals surface area contributed by atoms with Crippen LogP contribution >= 0.6 is 0 Å². The van der Waals surface area contributed by atoms with Gasteiger partial charge in [0.15, 0.2) is 9.84 Å². The minimum atomic E-state index is -3.69. The summed E-state index contributed by atoms with van der Waals surface area (Å²) < 4.78 is 55.3. The molecule has 0 heterocycles. The van der Waals surface area contributed by atoms with Gasteiger partial charge in [0.25, 0.3) is 0 Å². The summed E-state index contributed by atoms with van der Waals surface area (Å²) >= 11 is 0. The van der Waals surface area contributed by atoms with Crippen molar-refractivity contribution in [3.8, 4) is 5.75 Å². The molecular formula is C16H19NO5S2. The Morgan fingerprint density at radius 3 is 1.83 bits per heavy atom. The molecule has 2 aromatic rings. The highest BCUT2D eigenvalue weighted by Crippen LogP contribution is 2.20. The molecule has 0 amide bonds. The summed E-state index contributed by atoms with van der Waals surface area (Å²) in [7, 11) is -5.47. The van der Waals surface area contributed by atoms with Crippen LogP contribution in [0.1, 0.15) is 18.5 Å². The van der Waals surface area contributed by atoms with E-state index in [0.717, 1.165) is 6.26 Å². The van der Waals surface area contributed by atoms with Crippen LogP contribution in [0.25, 0.3) is 0 Å². The Hall–Kier alpha value is -1.90. The van der Waals surface area contributed by atoms with E-state index in [-0.39, 0.29) is 9.79 Å². The van der Waals surface area contributed by atoms with E-state index in [1.165, 1.54) is 31.4 Å². The minimum absolute atomic E-state index is 0.128. The number of hydrogen-bond donors (Lipinski definition) is 1. The summed E-state index contributed by atoms with van der Waals surface area (Å²) in [5.74, 6) is 0.568. The lowest BCUT2D eigenvalue weighted by molar-refractivity contribution is 0.414. The van der Waals surface area contributed by atoms with Gasteiger partial charge in [0, 0.05) is 12.3 Å². The third-order valence-electron chi connectivity index (χ3n) is 3.51. The Balaban J connectivity index is 2.19. The van der Waals surface area contributed by atoms with Crippen LogP contribution in [0.3, 0.4) is 0 Å².